The van der Waals surface area contributed by atoms with E-state index in [1.807, 2.05) is 74.8 Å². The Labute approximate surface area is 206 Å². The Bertz CT molecular complexity index is 1090. The third kappa shape index (κ3) is 7.39. The Morgan fingerprint density at radius 1 is 0.971 bits per heavy atom. The lowest BCUT2D eigenvalue weighted by atomic mass is 10.2. The molecule has 0 aliphatic carbocycles. The van der Waals surface area contributed by atoms with E-state index in [1.54, 1.807) is 12.1 Å². The van der Waals surface area contributed by atoms with Crippen molar-refractivity contribution in [2.24, 2.45) is 0 Å². The number of carbonyl (C=O) groups excluding carboxylic acids is 1. The Morgan fingerprint density at radius 2 is 1.74 bits per heavy atom. The molecule has 1 heterocycles. The average molecular weight is 477 g/mol. The summed E-state index contributed by atoms with van der Waals surface area (Å²) in [5.41, 5.74) is 1.66. The first kappa shape index (κ1) is 24.4. The van der Waals surface area contributed by atoms with E-state index in [0.29, 0.717) is 49.2 Å². The number of carbonyl (C=O) groups is 1. The molecule has 0 fully saturated rings. The zero-order chi connectivity index (χ0) is 24.5. The van der Waals surface area contributed by atoms with Gasteiger partial charge in [-0.1, -0.05) is 30.3 Å². The highest BCUT2D eigenvalue weighted by Crippen LogP contribution is 2.35. The Morgan fingerprint density at radius 3 is 2.51 bits per heavy atom. The fourth-order valence-electron chi connectivity index (χ4n) is 3.61. The summed E-state index contributed by atoms with van der Waals surface area (Å²) >= 11 is 0. The number of nitrogens with one attached hydrogen (secondary N) is 1. The molecule has 4 rings (SSSR count). The first-order chi connectivity index (χ1) is 17.1. The molecule has 0 unspecified atom stereocenters. The molecule has 0 spiro atoms. The van der Waals surface area contributed by atoms with Crippen LogP contribution in [0.2, 0.25) is 0 Å². The smallest absolute Gasteiger partial charge is 0.251 e. The first-order valence-corrected chi connectivity index (χ1v) is 11.8. The van der Waals surface area contributed by atoms with Gasteiger partial charge in [-0.3, -0.25) is 4.79 Å². The number of nitrogens with zero attached hydrogens (tertiary/aromatic N) is 1. The van der Waals surface area contributed by atoms with Gasteiger partial charge >= 0.3 is 0 Å². The molecule has 1 amide bonds. The average Bonchev–Trinajstić information content (AvgIpc) is 2.89. The third-order valence-electron chi connectivity index (χ3n) is 5.51. The van der Waals surface area contributed by atoms with Crippen molar-refractivity contribution in [1.82, 2.24) is 10.2 Å². The highest BCUT2D eigenvalue weighted by atomic mass is 16.6. The van der Waals surface area contributed by atoms with Crippen LogP contribution in [-0.4, -0.2) is 57.3 Å². The van der Waals surface area contributed by atoms with Crippen LogP contribution in [0, 0.1) is 0 Å². The molecule has 1 aliphatic heterocycles. The van der Waals surface area contributed by atoms with Crippen molar-refractivity contribution >= 4 is 5.91 Å². The number of amides is 1. The van der Waals surface area contributed by atoms with Crippen molar-refractivity contribution in [2.75, 3.05) is 40.4 Å². The standard InChI is InChI=1S/C28H32N2O5/c1-30(2)15-6-16-32-23-11-9-22(10-12-23)28(31)29-18-25-20-34-26-14-13-24(17-27(26)35-25)33-19-21-7-4-3-5-8-21/h3-5,7-14,17,25H,6,15-16,18-20H2,1-2H3,(H,29,31)/t25-/m1/s1. The molecule has 1 N–H and O–H groups in total. The zero-order valence-electron chi connectivity index (χ0n) is 20.2. The van der Waals surface area contributed by atoms with E-state index in [-0.39, 0.29) is 12.0 Å². The van der Waals surface area contributed by atoms with Crippen LogP contribution in [0.25, 0.3) is 0 Å². The van der Waals surface area contributed by atoms with Gasteiger partial charge in [0.15, 0.2) is 11.5 Å². The summed E-state index contributed by atoms with van der Waals surface area (Å²) in [7, 11) is 4.07. The molecule has 0 bridgehead atoms. The molecule has 0 aromatic heterocycles. The highest BCUT2D eigenvalue weighted by molar-refractivity contribution is 5.94. The van der Waals surface area contributed by atoms with Crippen LogP contribution in [0.5, 0.6) is 23.0 Å². The molecular weight excluding hydrogens is 444 g/mol. The van der Waals surface area contributed by atoms with E-state index in [2.05, 4.69) is 10.2 Å². The molecule has 0 radical (unpaired) electrons. The van der Waals surface area contributed by atoms with Crippen LogP contribution in [0.15, 0.2) is 72.8 Å². The molecular formula is C28H32N2O5. The van der Waals surface area contributed by atoms with Gasteiger partial charge in [0.2, 0.25) is 0 Å². The molecule has 1 atom stereocenters. The summed E-state index contributed by atoms with van der Waals surface area (Å²) in [6, 6.07) is 22.7. The Hall–Kier alpha value is -3.71. The van der Waals surface area contributed by atoms with Crippen molar-refractivity contribution < 1.29 is 23.7 Å². The minimum Gasteiger partial charge on any atom is -0.494 e. The van der Waals surface area contributed by atoms with Gasteiger partial charge in [-0.15, -0.1) is 0 Å². The Balaban J connectivity index is 1.24. The number of hydrogen-bond donors (Lipinski definition) is 1. The number of hydrogen-bond acceptors (Lipinski definition) is 6. The van der Waals surface area contributed by atoms with E-state index < -0.39 is 0 Å². The van der Waals surface area contributed by atoms with Crippen LogP contribution in [0.4, 0.5) is 0 Å². The lowest BCUT2D eigenvalue weighted by Crippen LogP contribution is -2.40. The van der Waals surface area contributed by atoms with Crippen molar-refractivity contribution in [3.8, 4) is 23.0 Å². The lowest BCUT2D eigenvalue weighted by Gasteiger charge is -2.27. The molecule has 3 aromatic carbocycles. The molecule has 7 heteroatoms. The second-order valence-electron chi connectivity index (χ2n) is 8.67. The normalized spacial score (nSPS) is 14.4. The topological polar surface area (TPSA) is 69.3 Å². The second kappa shape index (κ2) is 12.1. The largest absolute Gasteiger partial charge is 0.494 e. The van der Waals surface area contributed by atoms with Crippen molar-refractivity contribution in [3.63, 3.8) is 0 Å². The van der Waals surface area contributed by atoms with Gasteiger partial charge in [-0.05, 0) is 62.5 Å². The molecule has 3 aromatic rings. The first-order valence-electron chi connectivity index (χ1n) is 11.8. The fourth-order valence-corrected chi connectivity index (χ4v) is 3.61. The number of rotatable bonds is 11. The third-order valence-corrected chi connectivity index (χ3v) is 5.51. The minimum atomic E-state index is -0.296. The van der Waals surface area contributed by atoms with Crippen LogP contribution >= 0.6 is 0 Å². The van der Waals surface area contributed by atoms with Crippen molar-refractivity contribution in [3.05, 3.63) is 83.9 Å². The fraction of sp³-hybridized carbons (Fsp3) is 0.321. The quantitative estimate of drug-likeness (QED) is 0.419. The number of benzene rings is 3. The summed E-state index contributed by atoms with van der Waals surface area (Å²) < 4.78 is 23.5. The summed E-state index contributed by atoms with van der Waals surface area (Å²) in [5.74, 6) is 2.56. The molecule has 7 nitrogen and oxygen atoms in total. The second-order valence-corrected chi connectivity index (χ2v) is 8.67. The molecule has 0 saturated heterocycles. The lowest BCUT2D eigenvalue weighted by molar-refractivity contribution is 0.0786. The highest BCUT2D eigenvalue weighted by Gasteiger charge is 2.22. The zero-order valence-corrected chi connectivity index (χ0v) is 20.2. The monoisotopic (exact) mass is 476 g/mol. The van der Waals surface area contributed by atoms with Gasteiger partial charge in [0.1, 0.15) is 30.8 Å². The minimum absolute atomic E-state index is 0.168. The molecule has 184 valence electrons. The van der Waals surface area contributed by atoms with Crippen LogP contribution in [0.3, 0.4) is 0 Å². The van der Waals surface area contributed by atoms with E-state index in [0.717, 1.165) is 24.3 Å². The summed E-state index contributed by atoms with van der Waals surface area (Å²) in [6.45, 7) is 2.77. The SMILES string of the molecule is CN(C)CCCOc1ccc(C(=O)NC[C@@H]2COc3ccc(OCc4ccccc4)cc3O2)cc1. The summed E-state index contributed by atoms with van der Waals surface area (Å²) in [4.78, 5) is 14.7. The van der Waals surface area contributed by atoms with Crippen LogP contribution in [0.1, 0.15) is 22.3 Å². The van der Waals surface area contributed by atoms with Crippen LogP contribution < -0.4 is 24.3 Å². The summed E-state index contributed by atoms with van der Waals surface area (Å²) in [6.07, 6.45) is 0.651. The maximum absolute atomic E-state index is 12.6. The summed E-state index contributed by atoms with van der Waals surface area (Å²) in [5, 5.41) is 2.92. The van der Waals surface area contributed by atoms with Crippen molar-refractivity contribution in [2.45, 2.75) is 19.1 Å². The van der Waals surface area contributed by atoms with Gasteiger partial charge < -0.3 is 29.2 Å². The van der Waals surface area contributed by atoms with E-state index in [4.69, 9.17) is 18.9 Å². The van der Waals surface area contributed by atoms with Gasteiger partial charge in [0.05, 0.1) is 13.2 Å². The Kier molecular flexibility index (Phi) is 8.46. The van der Waals surface area contributed by atoms with Gasteiger partial charge in [-0.25, -0.2) is 0 Å². The molecule has 1 aliphatic rings. The molecule has 0 saturated carbocycles. The van der Waals surface area contributed by atoms with Crippen molar-refractivity contribution in [1.29, 1.82) is 0 Å². The van der Waals surface area contributed by atoms with E-state index >= 15 is 0 Å². The predicted octanol–water partition coefficient (Wildman–Crippen LogP) is 4.17. The van der Waals surface area contributed by atoms with Gasteiger partial charge in [0, 0.05) is 18.2 Å². The van der Waals surface area contributed by atoms with Gasteiger partial charge in [-0.2, -0.15) is 0 Å². The van der Waals surface area contributed by atoms with E-state index in [1.165, 1.54) is 0 Å². The molecule has 35 heavy (non-hydrogen) atoms. The number of ether oxygens (including phenoxy) is 4. The maximum Gasteiger partial charge on any atom is 0.251 e. The number of fused-ring (bicyclic) bond motifs is 1. The maximum atomic E-state index is 12.6. The van der Waals surface area contributed by atoms with Crippen LogP contribution in [-0.2, 0) is 6.61 Å². The predicted molar refractivity (Wildman–Crippen MR) is 135 cm³/mol. The van der Waals surface area contributed by atoms with Gasteiger partial charge in [0.25, 0.3) is 5.91 Å². The van der Waals surface area contributed by atoms with E-state index in [9.17, 15) is 4.79 Å².